The van der Waals surface area contributed by atoms with Crippen molar-refractivity contribution in [3.05, 3.63) is 35.8 Å². The van der Waals surface area contributed by atoms with Crippen molar-refractivity contribution in [3.8, 4) is 0 Å². The van der Waals surface area contributed by atoms with Gasteiger partial charge in [0.15, 0.2) is 5.17 Å². The first-order chi connectivity index (χ1) is 8.72. The molecule has 0 fully saturated rings. The maximum atomic E-state index is 13.0. The molecule has 0 radical (unpaired) electrons. The molecule has 18 heavy (non-hydrogen) atoms. The van der Waals surface area contributed by atoms with Crippen LogP contribution in [0.25, 0.3) is 10.9 Å². The average Bonchev–Trinajstić information content (AvgIpc) is 2.96. The fraction of sp³-hybridized carbons (Fsp3) is 0.167. The molecule has 0 saturated heterocycles. The fourth-order valence-electron chi connectivity index (χ4n) is 1.80. The molecule has 0 saturated carbocycles. The molecule has 0 aliphatic carbocycles. The number of amidine groups is 1. The highest BCUT2D eigenvalue weighted by molar-refractivity contribution is 8.14. The highest BCUT2D eigenvalue weighted by atomic mass is 32.2. The van der Waals surface area contributed by atoms with Gasteiger partial charge in [-0.1, -0.05) is 11.8 Å². The first kappa shape index (κ1) is 11.3. The van der Waals surface area contributed by atoms with E-state index in [0.717, 1.165) is 17.8 Å². The molecule has 2 N–H and O–H groups in total. The number of hydrogen-bond acceptors (Lipinski definition) is 3. The summed E-state index contributed by atoms with van der Waals surface area (Å²) in [5.41, 5.74) is 1.15. The molecule has 6 heteroatoms. The Labute approximate surface area is 107 Å². The summed E-state index contributed by atoms with van der Waals surface area (Å²) in [6, 6.07) is 6.00. The Morgan fingerprint density at radius 3 is 3.11 bits per heavy atom. The number of halogens is 1. The van der Waals surface area contributed by atoms with Crippen LogP contribution in [0.2, 0.25) is 0 Å². The number of amides is 1. The largest absolute Gasteiger partial charge is 0.351 e. The number of aromatic amines is 1. The predicted octanol–water partition coefficient (Wildman–Crippen LogP) is 2.14. The minimum atomic E-state index is -0.316. The fourth-order valence-corrected chi connectivity index (χ4v) is 2.52. The van der Waals surface area contributed by atoms with Gasteiger partial charge >= 0.3 is 0 Å². The van der Waals surface area contributed by atoms with E-state index in [4.69, 9.17) is 0 Å². The number of carbonyl (C=O) groups excluding carboxylic acids is 1. The lowest BCUT2D eigenvalue weighted by Gasteiger charge is -2.00. The van der Waals surface area contributed by atoms with Crippen LogP contribution in [0.1, 0.15) is 10.5 Å². The standard InChI is InChI=1S/C12H10FN3OS/c13-8-1-2-9-7(5-8)6-10(15-9)11(17)16-12-14-3-4-18-12/h1-2,5-6,15H,3-4H2,(H,14,16,17). The maximum absolute atomic E-state index is 13.0. The van der Waals surface area contributed by atoms with Crippen molar-refractivity contribution < 1.29 is 9.18 Å². The number of nitrogens with zero attached hydrogens (tertiary/aromatic N) is 1. The molecule has 1 aliphatic rings. The highest BCUT2D eigenvalue weighted by Crippen LogP contribution is 2.17. The van der Waals surface area contributed by atoms with Crippen molar-refractivity contribution in [1.29, 1.82) is 0 Å². The number of benzene rings is 1. The van der Waals surface area contributed by atoms with Gasteiger partial charge in [0.25, 0.3) is 5.91 Å². The SMILES string of the molecule is O=C(NC1=NCCS1)c1cc2cc(F)ccc2[nH]1. The van der Waals surface area contributed by atoms with E-state index in [-0.39, 0.29) is 11.7 Å². The second kappa shape index (κ2) is 4.45. The lowest BCUT2D eigenvalue weighted by Crippen LogP contribution is -2.27. The van der Waals surface area contributed by atoms with E-state index in [2.05, 4.69) is 15.3 Å². The summed E-state index contributed by atoms with van der Waals surface area (Å²) in [6.45, 7) is 0.734. The molecule has 0 unspecified atom stereocenters. The van der Waals surface area contributed by atoms with E-state index >= 15 is 0 Å². The summed E-state index contributed by atoms with van der Waals surface area (Å²) in [5, 5.41) is 4.04. The number of hydrogen-bond donors (Lipinski definition) is 2. The van der Waals surface area contributed by atoms with Crippen molar-refractivity contribution in [1.82, 2.24) is 10.3 Å². The zero-order valence-electron chi connectivity index (χ0n) is 9.37. The van der Waals surface area contributed by atoms with Gasteiger partial charge < -0.3 is 10.3 Å². The third-order valence-corrected chi connectivity index (χ3v) is 3.52. The van der Waals surface area contributed by atoms with Crippen LogP contribution in [0.4, 0.5) is 4.39 Å². The van der Waals surface area contributed by atoms with Crippen LogP contribution in [0, 0.1) is 5.82 Å². The number of rotatable bonds is 1. The Kier molecular flexibility index (Phi) is 2.79. The molecule has 92 valence electrons. The predicted molar refractivity (Wildman–Crippen MR) is 70.5 cm³/mol. The van der Waals surface area contributed by atoms with E-state index in [1.807, 2.05) is 0 Å². The smallest absolute Gasteiger partial charge is 0.273 e. The van der Waals surface area contributed by atoms with E-state index < -0.39 is 0 Å². The van der Waals surface area contributed by atoms with Crippen LogP contribution in [-0.2, 0) is 0 Å². The topological polar surface area (TPSA) is 57.2 Å². The Bertz CT molecular complexity index is 650. The van der Waals surface area contributed by atoms with Gasteiger partial charge in [-0.3, -0.25) is 9.79 Å². The van der Waals surface area contributed by atoms with Crippen molar-refractivity contribution in [2.24, 2.45) is 4.99 Å². The number of aliphatic imine (C=N–C) groups is 1. The number of aromatic nitrogens is 1. The van der Waals surface area contributed by atoms with Crippen LogP contribution in [0.3, 0.4) is 0 Å². The first-order valence-electron chi connectivity index (χ1n) is 5.49. The van der Waals surface area contributed by atoms with Crippen molar-refractivity contribution in [2.75, 3.05) is 12.3 Å². The number of nitrogens with one attached hydrogen (secondary N) is 2. The van der Waals surface area contributed by atoms with Crippen LogP contribution in [0.15, 0.2) is 29.3 Å². The molecule has 1 aromatic carbocycles. The molecular weight excluding hydrogens is 253 g/mol. The van der Waals surface area contributed by atoms with Gasteiger partial charge in [-0.2, -0.15) is 0 Å². The minimum Gasteiger partial charge on any atom is -0.351 e. The molecule has 0 atom stereocenters. The van der Waals surface area contributed by atoms with Crippen molar-refractivity contribution >= 4 is 33.7 Å². The van der Waals surface area contributed by atoms with Gasteiger partial charge in [0.05, 0.1) is 6.54 Å². The zero-order valence-corrected chi connectivity index (χ0v) is 10.2. The summed E-state index contributed by atoms with van der Waals surface area (Å²) in [4.78, 5) is 19.0. The van der Waals surface area contributed by atoms with Crippen LogP contribution >= 0.6 is 11.8 Å². The van der Waals surface area contributed by atoms with Gasteiger partial charge in [0.2, 0.25) is 0 Å². The summed E-state index contributed by atoms with van der Waals surface area (Å²) >= 11 is 1.52. The Morgan fingerprint density at radius 2 is 2.33 bits per heavy atom. The van der Waals surface area contributed by atoms with E-state index in [1.54, 1.807) is 12.1 Å². The van der Waals surface area contributed by atoms with Gasteiger partial charge in [0, 0.05) is 16.7 Å². The van der Waals surface area contributed by atoms with E-state index in [1.165, 1.54) is 23.9 Å². The Balaban J connectivity index is 1.87. The van der Waals surface area contributed by atoms with E-state index in [0.29, 0.717) is 16.2 Å². The monoisotopic (exact) mass is 263 g/mol. The maximum Gasteiger partial charge on any atom is 0.273 e. The molecule has 2 heterocycles. The van der Waals surface area contributed by atoms with Crippen LogP contribution < -0.4 is 5.32 Å². The lowest BCUT2D eigenvalue weighted by molar-refractivity contribution is 0.0974. The molecule has 2 aromatic rings. The van der Waals surface area contributed by atoms with Gasteiger partial charge in [-0.25, -0.2) is 4.39 Å². The number of carbonyl (C=O) groups is 1. The molecule has 1 aromatic heterocycles. The lowest BCUT2D eigenvalue weighted by atomic mass is 10.2. The summed E-state index contributed by atoms with van der Waals surface area (Å²) < 4.78 is 13.0. The van der Waals surface area contributed by atoms with Gasteiger partial charge in [-0.05, 0) is 24.3 Å². The molecule has 0 bridgehead atoms. The molecule has 1 aliphatic heterocycles. The van der Waals surface area contributed by atoms with E-state index in [9.17, 15) is 9.18 Å². The Morgan fingerprint density at radius 1 is 1.44 bits per heavy atom. The minimum absolute atomic E-state index is 0.250. The van der Waals surface area contributed by atoms with Crippen LogP contribution in [-0.4, -0.2) is 28.4 Å². The highest BCUT2D eigenvalue weighted by Gasteiger charge is 2.14. The second-order valence-electron chi connectivity index (χ2n) is 3.90. The van der Waals surface area contributed by atoms with Crippen molar-refractivity contribution in [3.63, 3.8) is 0 Å². The molecule has 1 amide bonds. The number of H-pyrrole nitrogens is 1. The normalized spacial score (nSPS) is 14.8. The quantitative estimate of drug-likeness (QED) is 0.828. The number of fused-ring (bicyclic) bond motifs is 1. The first-order valence-corrected chi connectivity index (χ1v) is 6.48. The number of thioether (sulfide) groups is 1. The van der Waals surface area contributed by atoms with Gasteiger partial charge in [-0.15, -0.1) is 0 Å². The molecule has 4 nitrogen and oxygen atoms in total. The third-order valence-electron chi connectivity index (χ3n) is 2.63. The second-order valence-corrected chi connectivity index (χ2v) is 4.99. The third kappa shape index (κ3) is 2.11. The summed E-state index contributed by atoms with van der Waals surface area (Å²) in [5.74, 6) is 0.331. The molecular formula is C12H10FN3OS. The zero-order chi connectivity index (χ0) is 12.5. The van der Waals surface area contributed by atoms with Crippen LogP contribution in [0.5, 0.6) is 0 Å². The molecule has 3 rings (SSSR count). The van der Waals surface area contributed by atoms with Gasteiger partial charge in [0.1, 0.15) is 11.5 Å². The van der Waals surface area contributed by atoms with Crippen molar-refractivity contribution in [2.45, 2.75) is 0 Å². The average molecular weight is 263 g/mol. The summed E-state index contributed by atoms with van der Waals surface area (Å²) in [7, 11) is 0. The summed E-state index contributed by atoms with van der Waals surface area (Å²) in [6.07, 6.45) is 0. The Hall–Kier alpha value is -1.82. The molecule has 0 spiro atoms.